The monoisotopic (exact) mass is 432 g/mol. The highest BCUT2D eigenvalue weighted by Crippen LogP contribution is 2.46. The van der Waals surface area contributed by atoms with Crippen LogP contribution < -0.4 is 0 Å². The second kappa shape index (κ2) is 9.15. The van der Waals surface area contributed by atoms with Gasteiger partial charge in [0.25, 0.3) is 0 Å². The number of fused-ring (bicyclic) bond motifs is 1. The third kappa shape index (κ3) is 5.18. The molecule has 0 aromatic heterocycles. The van der Waals surface area contributed by atoms with Crippen LogP contribution in [-0.2, 0) is 20.4 Å². The molecule has 0 saturated carbocycles. The fraction of sp³-hybridized carbons (Fsp3) is 0.357. The van der Waals surface area contributed by atoms with Crippen molar-refractivity contribution in [2.24, 2.45) is 0 Å². The van der Waals surface area contributed by atoms with E-state index in [4.69, 9.17) is 4.74 Å². The molecule has 0 atom stereocenters. The number of benzene rings is 2. The minimum atomic E-state index is -1.02. The Bertz CT molecular complexity index is 1090. The van der Waals surface area contributed by atoms with E-state index in [0.717, 1.165) is 30.0 Å². The number of ether oxygens (including phenoxy) is 1. The molecule has 0 amide bonds. The van der Waals surface area contributed by atoms with Gasteiger partial charge in [-0.1, -0.05) is 58.0 Å². The number of hydrogen-bond acceptors (Lipinski definition) is 3. The molecule has 168 valence electrons. The first-order chi connectivity index (χ1) is 15.0. The zero-order chi connectivity index (χ0) is 23.5. The number of carbonyl (C=O) groups is 2. The van der Waals surface area contributed by atoms with Crippen molar-refractivity contribution in [1.29, 1.82) is 0 Å². The summed E-state index contributed by atoms with van der Waals surface area (Å²) >= 11 is 0. The molecule has 32 heavy (non-hydrogen) atoms. The van der Waals surface area contributed by atoms with Crippen molar-refractivity contribution >= 4 is 23.6 Å². The number of esters is 1. The normalized spacial score (nSPS) is 17.1. The topological polar surface area (TPSA) is 63.6 Å². The number of allylic oxidation sites excluding steroid dienone is 2. The highest BCUT2D eigenvalue weighted by molar-refractivity contribution is 5.95. The van der Waals surface area contributed by atoms with Gasteiger partial charge in [0.15, 0.2) is 0 Å². The molecule has 2 aromatic carbocycles. The van der Waals surface area contributed by atoms with Crippen molar-refractivity contribution in [3.8, 4) is 0 Å². The number of carboxylic acids is 1. The van der Waals surface area contributed by atoms with Gasteiger partial charge in [-0.25, -0.2) is 9.59 Å². The summed E-state index contributed by atoms with van der Waals surface area (Å²) < 4.78 is 5.11. The van der Waals surface area contributed by atoms with Gasteiger partial charge in [-0.2, -0.15) is 0 Å². The van der Waals surface area contributed by atoms with Gasteiger partial charge in [0, 0.05) is 6.08 Å². The summed E-state index contributed by atoms with van der Waals surface area (Å²) in [5, 5.41) is 9.18. The maximum absolute atomic E-state index is 12.2. The summed E-state index contributed by atoms with van der Waals surface area (Å²) in [6.45, 7) is 11.2. The summed E-state index contributed by atoms with van der Waals surface area (Å²) in [5.74, 6) is -1.42. The van der Waals surface area contributed by atoms with E-state index < -0.39 is 11.9 Å². The first kappa shape index (κ1) is 23.5. The quantitative estimate of drug-likeness (QED) is 0.248. The summed E-state index contributed by atoms with van der Waals surface area (Å²) in [6, 6.07) is 13.6. The SMILES string of the molecule is CCOC(=O)c1cccc(C(/C=C\C(=O)O)=C\c2ccc3c(c2)C(C)(C)CCC3(C)C)c1. The van der Waals surface area contributed by atoms with Crippen LogP contribution in [0.3, 0.4) is 0 Å². The van der Waals surface area contributed by atoms with Gasteiger partial charge in [0.1, 0.15) is 0 Å². The van der Waals surface area contributed by atoms with E-state index in [1.165, 1.54) is 11.1 Å². The van der Waals surface area contributed by atoms with Crippen molar-refractivity contribution in [1.82, 2.24) is 0 Å². The highest BCUT2D eigenvalue weighted by atomic mass is 16.5. The molecule has 0 saturated heterocycles. The molecule has 1 aliphatic rings. The van der Waals surface area contributed by atoms with E-state index in [9.17, 15) is 14.7 Å². The number of carbonyl (C=O) groups excluding carboxylic acids is 1. The van der Waals surface area contributed by atoms with Crippen LogP contribution in [0.4, 0.5) is 0 Å². The van der Waals surface area contributed by atoms with Crippen LogP contribution in [0.25, 0.3) is 11.6 Å². The average molecular weight is 433 g/mol. The van der Waals surface area contributed by atoms with Crippen LogP contribution in [0.15, 0.2) is 54.6 Å². The van der Waals surface area contributed by atoms with Crippen molar-refractivity contribution in [3.05, 3.63) is 82.4 Å². The Balaban J connectivity index is 2.10. The molecule has 1 aliphatic carbocycles. The van der Waals surface area contributed by atoms with Crippen LogP contribution in [0.5, 0.6) is 0 Å². The largest absolute Gasteiger partial charge is 0.478 e. The molecule has 0 fully saturated rings. The second-order valence-electron chi connectivity index (χ2n) is 9.65. The van der Waals surface area contributed by atoms with E-state index in [-0.39, 0.29) is 10.8 Å². The summed E-state index contributed by atoms with van der Waals surface area (Å²) in [5.41, 5.74) is 5.83. The lowest BCUT2D eigenvalue weighted by Gasteiger charge is -2.42. The fourth-order valence-electron chi connectivity index (χ4n) is 4.30. The minimum absolute atomic E-state index is 0.0790. The molecule has 4 heteroatoms. The van der Waals surface area contributed by atoms with E-state index in [2.05, 4.69) is 45.9 Å². The third-order valence-corrected chi connectivity index (χ3v) is 6.31. The standard InChI is InChI=1S/C28H32O4/c1-6-32-26(31)22-9-7-8-20(18-22)21(11-13-25(29)30)16-19-10-12-23-24(17-19)28(4,5)15-14-27(23,2)3/h7-13,16-18H,6,14-15H2,1-5H3,(H,29,30)/b13-11-,21-16-. The molecular formula is C28H32O4. The van der Waals surface area contributed by atoms with E-state index >= 15 is 0 Å². The van der Waals surface area contributed by atoms with Crippen LogP contribution in [-0.4, -0.2) is 23.7 Å². The zero-order valence-electron chi connectivity index (χ0n) is 19.6. The first-order valence-electron chi connectivity index (χ1n) is 11.1. The number of hydrogen-bond donors (Lipinski definition) is 1. The van der Waals surface area contributed by atoms with Crippen molar-refractivity contribution in [2.75, 3.05) is 6.61 Å². The Morgan fingerprint density at radius 3 is 2.25 bits per heavy atom. The van der Waals surface area contributed by atoms with Crippen LogP contribution in [0.1, 0.15) is 80.1 Å². The molecule has 1 N–H and O–H groups in total. The molecule has 0 bridgehead atoms. The van der Waals surface area contributed by atoms with Gasteiger partial charge in [-0.05, 0) is 82.7 Å². The third-order valence-electron chi connectivity index (χ3n) is 6.31. The molecule has 2 aromatic rings. The van der Waals surface area contributed by atoms with E-state index in [0.29, 0.717) is 17.7 Å². The summed E-state index contributed by atoms with van der Waals surface area (Å²) in [4.78, 5) is 23.4. The lowest BCUT2D eigenvalue weighted by molar-refractivity contribution is -0.131. The van der Waals surface area contributed by atoms with Crippen molar-refractivity contribution in [2.45, 2.75) is 58.3 Å². The maximum atomic E-state index is 12.2. The zero-order valence-corrected chi connectivity index (χ0v) is 19.6. The van der Waals surface area contributed by atoms with Crippen molar-refractivity contribution in [3.63, 3.8) is 0 Å². The smallest absolute Gasteiger partial charge is 0.338 e. The van der Waals surface area contributed by atoms with Crippen LogP contribution in [0.2, 0.25) is 0 Å². The summed E-state index contributed by atoms with van der Waals surface area (Å²) in [7, 11) is 0. The number of carboxylic acid groups (broad SMARTS) is 1. The van der Waals surface area contributed by atoms with E-state index in [1.54, 1.807) is 31.2 Å². The van der Waals surface area contributed by atoms with Gasteiger partial charge in [-0.15, -0.1) is 0 Å². The van der Waals surface area contributed by atoms with Gasteiger partial charge in [-0.3, -0.25) is 0 Å². The summed E-state index contributed by atoms with van der Waals surface area (Å²) in [6.07, 6.45) is 6.93. The predicted molar refractivity (Wildman–Crippen MR) is 129 cm³/mol. The minimum Gasteiger partial charge on any atom is -0.478 e. The molecular weight excluding hydrogens is 400 g/mol. The van der Waals surface area contributed by atoms with Crippen molar-refractivity contribution < 1.29 is 19.4 Å². The Morgan fingerprint density at radius 1 is 0.938 bits per heavy atom. The maximum Gasteiger partial charge on any atom is 0.338 e. The van der Waals surface area contributed by atoms with E-state index in [1.807, 2.05) is 12.1 Å². The Hall–Kier alpha value is -3.14. The fourth-order valence-corrected chi connectivity index (χ4v) is 4.30. The van der Waals surface area contributed by atoms with Gasteiger partial charge >= 0.3 is 11.9 Å². The molecule has 3 rings (SSSR count). The van der Waals surface area contributed by atoms with Crippen LogP contribution >= 0.6 is 0 Å². The van der Waals surface area contributed by atoms with Gasteiger partial charge < -0.3 is 9.84 Å². The lowest BCUT2D eigenvalue weighted by atomic mass is 9.63. The highest BCUT2D eigenvalue weighted by Gasteiger charge is 2.36. The first-order valence-corrected chi connectivity index (χ1v) is 11.1. The van der Waals surface area contributed by atoms with Crippen LogP contribution in [0, 0.1) is 0 Å². The van der Waals surface area contributed by atoms with Gasteiger partial charge in [0.2, 0.25) is 0 Å². The Kier molecular flexibility index (Phi) is 6.73. The number of rotatable bonds is 6. The number of aliphatic carboxylic acids is 1. The Morgan fingerprint density at radius 2 is 1.59 bits per heavy atom. The molecule has 0 aliphatic heterocycles. The second-order valence-corrected chi connectivity index (χ2v) is 9.65. The molecule has 4 nitrogen and oxygen atoms in total. The predicted octanol–water partition coefficient (Wildman–Crippen LogP) is 6.39. The molecule has 0 heterocycles. The Labute approximate surface area is 190 Å². The van der Waals surface area contributed by atoms with Gasteiger partial charge in [0.05, 0.1) is 12.2 Å². The molecule has 0 spiro atoms. The molecule has 0 radical (unpaired) electrons. The molecule has 0 unspecified atom stereocenters. The average Bonchev–Trinajstić information content (AvgIpc) is 2.74. The lowest BCUT2D eigenvalue weighted by Crippen LogP contribution is -2.33.